The quantitative estimate of drug-likeness (QED) is 0.617. The molecule has 0 saturated carbocycles. The standard InChI is InChI=1S/C19H13ClF3N3O2/c1-9-16(10-2-4-13(20)12(6-10)19(21,22)23)26(18(28)17(9)27)11-3-5-14-15(7-11)25-8-24-14/h2-8,16,27H,1H3,(H,24,25). The molecule has 0 fully saturated rings. The van der Waals surface area contributed by atoms with Crippen LogP contribution in [0.3, 0.4) is 0 Å². The van der Waals surface area contributed by atoms with E-state index in [4.69, 9.17) is 11.6 Å². The smallest absolute Gasteiger partial charge is 0.417 e. The summed E-state index contributed by atoms with van der Waals surface area (Å²) >= 11 is 5.71. The number of halogens is 4. The third-order valence-electron chi connectivity index (χ3n) is 4.76. The Morgan fingerprint density at radius 2 is 1.96 bits per heavy atom. The molecule has 9 heteroatoms. The van der Waals surface area contributed by atoms with E-state index < -0.39 is 34.5 Å². The summed E-state index contributed by atoms with van der Waals surface area (Å²) in [6, 6.07) is 7.53. The number of imidazole rings is 1. The van der Waals surface area contributed by atoms with Gasteiger partial charge in [-0.3, -0.25) is 9.69 Å². The van der Waals surface area contributed by atoms with Crippen molar-refractivity contribution in [1.82, 2.24) is 9.97 Å². The fourth-order valence-corrected chi connectivity index (χ4v) is 3.61. The van der Waals surface area contributed by atoms with Gasteiger partial charge in [0, 0.05) is 11.3 Å². The number of carbonyl (C=O) groups is 1. The lowest BCUT2D eigenvalue weighted by Gasteiger charge is -2.27. The Hall–Kier alpha value is -3.00. The van der Waals surface area contributed by atoms with Gasteiger partial charge in [-0.05, 0) is 42.8 Å². The molecule has 0 bridgehead atoms. The summed E-state index contributed by atoms with van der Waals surface area (Å²) in [4.78, 5) is 21.0. The lowest BCUT2D eigenvalue weighted by Crippen LogP contribution is -2.30. The molecule has 0 saturated heterocycles. The summed E-state index contributed by atoms with van der Waals surface area (Å²) < 4.78 is 39.9. The highest BCUT2D eigenvalue weighted by Crippen LogP contribution is 2.43. The van der Waals surface area contributed by atoms with Gasteiger partial charge >= 0.3 is 6.18 Å². The molecule has 2 N–H and O–H groups in total. The van der Waals surface area contributed by atoms with Gasteiger partial charge in [0.2, 0.25) is 0 Å². The summed E-state index contributed by atoms with van der Waals surface area (Å²) in [6.45, 7) is 1.51. The number of alkyl halides is 3. The molecule has 1 amide bonds. The van der Waals surface area contributed by atoms with Crippen LogP contribution in [0.2, 0.25) is 5.02 Å². The van der Waals surface area contributed by atoms with Crippen molar-refractivity contribution in [3.05, 3.63) is 70.2 Å². The van der Waals surface area contributed by atoms with Gasteiger partial charge in [-0.2, -0.15) is 13.2 Å². The number of fused-ring (bicyclic) bond motifs is 1. The zero-order valence-electron chi connectivity index (χ0n) is 14.4. The van der Waals surface area contributed by atoms with Crippen molar-refractivity contribution in [3.8, 4) is 0 Å². The molecule has 5 nitrogen and oxygen atoms in total. The van der Waals surface area contributed by atoms with Gasteiger partial charge in [0.05, 0.1) is 34.0 Å². The van der Waals surface area contributed by atoms with Crippen molar-refractivity contribution in [2.45, 2.75) is 19.1 Å². The fourth-order valence-electron chi connectivity index (χ4n) is 3.39. The maximum atomic E-state index is 13.3. The topological polar surface area (TPSA) is 69.2 Å². The van der Waals surface area contributed by atoms with Gasteiger partial charge in [-0.25, -0.2) is 4.98 Å². The van der Waals surface area contributed by atoms with E-state index in [2.05, 4.69) is 9.97 Å². The number of aliphatic hydroxyl groups is 1. The number of hydrogen-bond acceptors (Lipinski definition) is 3. The zero-order valence-corrected chi connectivity index (χ0v) is 15.1. The van der Waals surface area contributed by atoms with Crippen LogP contribution in [-0.4, -0.2) is 21.0 Å². The lowest BCUT2D eigenvalue weighted by atomic mass is 9.98. The van der Waals surface area contributed by atoms with E-state index >= 15 is 0 Å². The van der Waals surface area contributed by atoms with E-state index in [1.54, 1.807) is 18.2 Å². The highest BCUT2D eigenvalue weighted by molar-refractivity contribution is 6.31. The highest BCUT2D eigenvalue weighted by atomic mass is 35.5. The molecule has 1 unspecified atom stereocenters. The summed E-state index contributed by atoms with van der Waals surface area (Å²) in [5.74, 6) is -1.18. The van der Waals surface area contributed by atoms with Gasteiger partial charge in [-0.1, -0.05) is 17.7 Å². The number of H-pyrrole nitrogens is 1. The van der Waals surface area contributed by atoms with E-state index in [1.165, 1.54) is 24.2 Å². The molecule has 1 atom stereocenters. The van der Waals surface area contributed by atoms with E-state index in [0.717, 1.165) is 17.6 Å². The summed E-state index contributed by atoms with van der Waals surface area (Å²) in [5.41, 5.74) is 1.17. The molecule has 0 spiro atoms. The van der Waals surface area contributed by atoms with Crippen molar-refractivity contribution in [3.63, 3.8) is 0 Å². The number of aromatic amines is 1. The minimum absolute atomic E-state index is 0.189. The normalized spacial score (nSPS) is 17.8. The highest BCUT2D eigenvalue weighted by Gasteiger charge is 2.41. The largest absolute Gasteiger partial charge is 0.503 e. The third-order valence-corrected chi connectivity index (χ3v) is 5.09. The number of aliphatic hydroxyl groups excluding tert-OH is 1. The van der Waals surface area contributed by atoms with Crippen molar-refractivity contribution < 1.29 is 23.1 Å². The van der Waals surface area contributed by atoms with Gasteiger partial charge in [0.1, 0.15) is 0 Å². The molecular weight excluding hydrogens is 395 g/mol. The average Bonchev–Trinajstić information content (AvgIpc) is 3.19. The summed E-state index contributed by atoms with van der Waals surface area (Å²) in [6.07, 6.45) is -3.15. The molecule has 1 aromatic heterocycles. The molecule has 4 rings (SSSR count). The first kappa shape index (κ1) is 18.4. The summed E-state index contributed by atoms with van der Waals surface area (Å²) in [5, 5.41) is 9.77. The molecule has 3 aromatic rings. The first-order valence-electron chi connectivity index (χ1n) is 8.21. The van der Waals surface area contributed by atoms with Crippen LogP contribution in [0, 0.1) is 0 Å². The second-order valence-electron chi connectivity index (χ2n) is 6.45. The number of nitrogens with zero attached hydrogens (tertiary/aromatic N) is 2. The molecule has 1 aliphatic rings. The zero-order chi connectivity index (χ0) is 20.2. The van der Waals surface area contributed by atoms with Gasteiger partial charge in [0.25, 0.3) is 5.91 Å². The van der Waals surface area contributed by atoms with Crippen LogP contribution in [-0.2, 0) is 11.0 Å². The minimum atomic E-state index is -4.64. The molecule has 0 aliphatic carbocycles. The Bertz CT molecular complexity index is 1140. The van der Waals surface area contributed by atoms with Crippen LogP contribution >= 0.6 is 11.6 Å². The number of anilines is 1. The number of amides is 1. The Morgan fingerprint density at radius 1 is 1.21 bits per heavy atom. The number of aromatic nitrogens is 2. The number of benzene rings is 2. The van der Waals surface area contributed by atoms with Crippen molar-refractivity contribution in [1.29, 1.82) is 0 Å². The lowest BCUT2D eigenvalue weighted by molar-refractivity contribution is -0.137. The number of carbonyl (C=O) groups excluding carboxylic acids is 1. The Morgan fingerprint density at radius 3 is 2.68 bits per heavy atom. The van der Waals surface area contributed by atoms with Crippen molar-refractivity contribution in [2.24, 2.45) is 0 Å². The van der Waals surface area contributed by atoms with Crippen LogP contribution in [0.25, 0.3) is 11.0 Å². The predicted octanol–water partition coefficient (Wildman–Crippen LogP) is 5.16. The number of nitrogens with one attached hydrogen (secondary N) is 1. The van der Waals surface area contributed by atoms with Crippen LogP contribution in [0.15, 0.2) is 54.1 Å². The van der Waals surface area contributed by atoms with Crippen LogP contribution in [0.5, 0.6) is 0 Å². The maximum absolute atomic E-state index is 13.3. The molecule has 28 heavy (non-hydrogen) atoms. The van der Waals surface area contributed by atoms with Gasteiger partial charge < -0.3 is 10.1 Å². The van der Waals surface area contributed by atoms with Gasteiger partial charge in [0.15, 0.2) is 5.76 Å². The Balaban J connectivity index is 1.86. The molecule has 2 aromatic carbocycles. The molecule has 2 heterocycles. The van der Waals surface area contributed by atoms with E-state index in [1.807, 2.05) is 0 Å². The Labute approximate surface area is 162 Å². The second-order valence-corrected chi connectivity index (χ2v) is 6.86. The average molecular weight is 408 g/mol. The monoisotopic (exact) mass is 407 g/mol. The molecular formula is C19H13ClF3N3O2. The fraction of sp³-hybridized carbons (Fsp3) is 0.158. The van der Waals surface area contributed by atoms with E-state index in [-0.39, 0.29) is 11.1 Å². The molecule has 144 valence electrons. The number of rotatable bonds is 2. The molecule has 0 radical (unpaired) electrons. The second kappa shape index (κ2) is 6.27. The first-order valence-corrected chi connectivity index (χ1v) is 8.59. The van der Waals surface area contributed by atoms with Crippen LogP contribution in [0.1, 0.15) is 24.1 Å². The van der Waals surface area contributed by atoms with Crippen molar-refractivity contribution in [2.75, 3.05) is 4.90 Å². The van der Waals surface area contributed by atoms with Gasteiger partial charge in [-0.15, -0.1) is 0 Å². The van der Waals surface area contributed by atoms with Crippen molar-refractivity contribution >= 4 is 34.2 Å². The summed E-state index contributed by atoms with van der Waals surface area (Å²) in [7, 11) is 0. The SMILES string of the molecule is CC1=C(O)C(=O)N(c2ccc3[nH]cnc3c2)C1c1ccc(Cl)c(C(F)(F)F)c1. The maximum Gasteiger partial charge on any atom is 0.417 e. The number of hydrogen-bond donors (Lipinski definition) is 2. The first-order chi connectivity index (χ1) is 13.2. The third kappa shape index (κ3) is 2.80. The predicted molar refractivity (Wildman–Crippen MR) is 98.1 cm³/mol. The van der Waals surface area contributed by atoms with Crippen LogP contribution in [0.4, 0.5) is 18.9 Å². The van der Waals surface area contributed by atoms with Crippen LogP contribution < -0.4 is 4.90 Å². The van der Waals surface area contributed by atoms with E-state index in [9.17, 15) is 23.1 Å². The molecule has 1 aliphatic heterocycles. The van der Waals surface area contributed by atoms with E-state index in [0.29, 0.717) is 11.2 Å². The minimum Gasteiger partial charge on any atom is -0.503 e. The Kier molecular flexibility index (Phi) is 4.11.